The van der Waals surface area contributed by atoms with E-state index in [2.05, 4.69) is 49.0 Å². The molecule has 0 saturated carbocycles. The fourth-order valence-corrected chi connectivity index (χ4v) is 3.28. The molecule has 0 fully saturated rings. The van der Waals surface area contributed by atoms with E-state index >= 15 is 0 Å². The largest absolute Gasteiger partial charge is 0.398 e. The minimum Gasteiger partial charge on any atom is -0.398 e. The molecule has 3 rings (SSSR count). The zero-order chi connectivity index (χ0) is 14.3. The quantitative estimate of drug-likeness (QED) is 0.723. The van der Waals surface area contributed by atoms with Gasteiger partial charge in [0.05, 0.1) is 17.8 Å². The van der Waals surface area contributed by atoms with Gasteiger partial charge in [0.2, 0.25) is 0 Å². The number of rotatable bonds is 2. The maximum absolute atomic E-state index is 6.00. The van der Waals surface area contributed by atoms with Crippen LogP contribution >= 0.6 is 11.3 Å². The molecule has 0 atom stereocenters. The number of benzene rings is 1. The van der Waals surface area contributed by atoms with Crippen LogP contribution < -0.4 is 5.73 Å². The molecule has 2 heterocycles. The second-order valence-corrected chi connectivity index (χ2v) is 7.04. The lowest BCUT2D eigenvalue weighted by atomic mass is 9.93. The minimum atomic E-state index is 0.109. The Morgan fingerprint density at radius 2 is 2.05 bits per heavy atom. The average molecular weight is 285 g/mol. The van der Waals surface area contributed by atoms with Gasteiger partial charge in [0.1, 0.15) is 5.01 Å². The molecule has 0 aliphatic rings. The van der Waals surface area contributed by atoms with Crippen LogP contribution in [0.15, 0.2) is 35.8 Å². The molecule has 0 radical (unpaired) electrons. The number of hydrogen-bond donors (Lipinski definition) is 1. The maximum Gasteiger partial charge on any atom is 0.113 e. The number of hydrogen-bond acceptors (Lipinski definition) is 3. The Balaban J connectivity index is 1.94. The predicted molar refractivity (Wildman–Crippen MR) is 86.3 cm³/mol. The molecule has 3 nitrogen and oxygen atoms in total. The minimum absolute atomic E-state index is 0.109. The highest BCUT2D eigenvalue weighted by Gasteiger charge is 2.17. The van der Waals surface area contributed by atoms with Crippen LogP contribution in [0.2, 0.25) is 0 Å². The van der Waals surface area contributed by atoms with Gasteiger partial charge in [0.15, 0.2) is 0 Å². The van der Waals surface area contributed by atoms with Crippen LogP contribution in [0, 0.1) is 0 Å². The van der Waals surface area contributed by atoms with Gasteiger partial charge in [-0.15, -0.1) is 11.3 Å². The monoisotopic (exact) mass is 285 g/mol. The molecule has 0 aliphatic heterocycles. The van der Waals surface area contributed by atoms with Crippen molar-refractivity contribution in [3.8, 4) is 0 Å². The van der Waals surface area contributed by atoms with Gasteiger partial charge in [-0.1, -0.05) is 26.8 Å². The van der Waals surface area contributed by atoms with Crippen LogP contribution in [-0.2, 0) is 12.0 Å². The summed E-state index contributed by atoms with van der Waals surface area (Å²) in [5, 5.41) is 4.41. The normalized spacial score (nSPS) is 12.2. The predicted octanol–water partition coefficient (Wildman–Crippen LogP) is 4.03. The van der Waals surface area contributed by atoms with Crippen molar-refractivity contribution in [3.63, 3.8) is 0 Å². The Hall–Kier alpha value is -1.81. The zero-order valence-electron chi connectivity index (χ0n) is 12.1. The van der Waals surface area contributed by atoms with E-state index in [1.54, 1.807) is 11.3 Å². The van der Waals surface area contributed by atoms with E-state index in [1.165, 1.54) is 0 Å². The van der Waals surface area contributed by atoms with E-state index in [0.717, 1.165) is 33.8 Å². The molecule has 1 aromatic carbocycles. The first kappa shape index (κ1) is 13.2. The molecule has 2 N–H and O–H groups in total. The van der Waals surface area contributed by atoms with Crippen LogP contribution in [0.4, 0.5) is 5.69 Å². The lowest BCUT2D eigenvalue weighted by Crippen LogP contribution is -2.11. The van der Waals surface area contributed by atoms with Crippen LogP contribution in [0.1, 0.15) is 31.5 Å². The molecule has 0 bridgehead atoms. The molecular weight excluding hydrogens is 266 g/mol. The van der Waals surface area contributed by atoms with Crippen LogP contribution in [0.5, 0.6) is 0 Å². The summed E-state index contributed by atoms with van der Waals surface area (Å²) in [5.41, 5.74) is 9.26. The van der Waals surface area contributed by atoms with Gasteiger partial charge in [-0.3, -0.25) is 0 Å². The molecule has 4 heteroatoms. The Morgan fingerprint density at radius 1 is 1.25 bits per heavy atom. The number of anilines is 1. The van der Waals surface area contributed by atoms with E-state index in [-0.39, 0.29) is 5.41 Å². The summed E-state index contributed by atoms with van der Waals surface area (Å²) >= 11 is 1.72. The molecule has 0 unspecified atom stereocenters. The topological polar surface area (TPSA) is 43.8 Å². The van der Waals surface area contributed by atoms with Gasteiger partial charge < -0.3 is 10.3 Å². The highest BCUT2D eigenvalue weighted by molar-refractivity contribution is 7.09. The van der Waals surface area contributed by atoms with Crippen LogP contribution in [-0.4, -0.2) is 9.55 Å². The van der Waals surface area contributed by atoms with Gasteiger partial charge in [-0.25, -0.2) is 4.98 Å². The summed E-state index contributed by atoms with van der Waals surface area (Å²) in [5.74, 6) is 0. The van der Waals surface area contributed by atoms with Crippen molar-refractivity contribution >= 4 is 27.9 Å². The fraction of sp³-hybridized carbons (Fsp3) is 0.312. The lowest BCUT2D eigenvalue weighted by molar-refractivity contribution is 0.570. The highest BCUT2D eigenvalue weighted by Crippen LogP contribution is 2.26. The van der Waals surface area contributed by atoms with Crippen molar-refractivity contribution in [1.82, 2.24) is 9.55 Å². The molecular formula is C16H19N3S. The number of thiazole rings is 1. The number of nitrogen functional groups attached to an aromatic ring is 1. The highest BCUT2D eigenvalue weighted by atomic mass is 32.1. The van der Waals surface area contributed by atoms with Gasteiger partial charge in [-0.05, 0) is 18.2 Å². The van der Waals surface area contributed by atoms with E-state index in [1.807, 2.05) is 12.1 Å². The van der Waals surface area contributed by atoms with Gasteiger partial charge in [0.25, 0.3) is 0 Å². The molecule has 0 spiro atoms. The number of aromatic nitrogens is 2. The van der Waals surface area contributed by atoms with E-state index < -0.39 is 0 Å². The Labute approximate surface area is 123 Å². The number of fused-ring (bicyclic) bond motifs is 1. The molecule has 104 valence electrons. The summed E-state index contributed by atoms with van der Waals surface area (Å²) in [6.07, 6.45) is 2.08. The standard InChI is InChI=1S/C16H19N3S/c1-16(2,3)14-10-20-15(18-14)9-19-8-7-11-12(17)5-4-6-13(11)19/h4-8,10H,9,17H2,1-3H3. The second kappa shape index (κ2) is 4.63. The first-order valence-electron chi connectivity index (χ1n) is 6.73. The second-order valence-electron chi connectivity index (χ2n) is 6.10. The van der Waals surface area contributed by atoms with Crippen molar-refractivity contribution in [2.24, 2.45) is 0 Å². The molecule has 0 saturated heterocycles. The zero-order valence-corrected chi connectivity index (χ0v) is 12.9. The van der Waals surface area contributed by atoms with Crippen LogP contribution in [0.3, 0.4) is 0 Å². The molecule has 3 aromatic rings. The summed E-state index contributed by atoms with van der Waals surface area (Å²) in [6, 6.07) is 8.11. The third-order valence-electron chi connectivity index (χ3n) is 3.47. The fourth-order valence-electron chi connectivity index (χ4n) is 2.26. The molecule has 0 aliphatic carbocycles. The van der Waals surface area contributed by atoms with Crippen LogP contribution in [0.25, 0.3) is 10.9 Å². The van der Waals surface area contributed by atoms with Gasteiger partial charge >= 0.3 is 0 Å². The smallest absolute Gasteiger partial charge is 0.113 e. The lowest BCUT2D eigenvalue weighted by Gasteiger charge is -2.14. The van der Waals surface area contributed by atoms with Crippen molar-refractivity contribution in [2.45, 2.75) is 32.7 Å². The third kappa shape index (κ3) is 2.31. The van der Waals surface area contributed by atoms with E-state index in [4.69, 9.17) is 10.7 Å². The first-order chi connectivity index (χ1) is 9.45. The van der Waals surface area contributed by atoms with E-state index in [9.17, 15) is 0 Å². The van der Waals surface area contributed by atoms with Crippen molar-refractivity contribution in [1.29, 1.82) is 0 Å². The Kier molecular flexibility index (Phi) is 3.05. The summed E-state index contributed by atoms with van der Waals surface area (Å²) in [6.45, 7) is 7.38. The van der Waals surface area contributed by atoms with Gasteiger partial charge in [0, 0.05) is 28.1 Å². The van der Waals surface area contributed by atoms with Crippen molar-refractivity contribution < 1.29 is 0 Å². The molecule has 2 aromatic heterocycles. The molecule has 0 amide bonds. The Bertz CT molecular complexity index is 747. The number of nitrogens with two attached hydrogens (primary N) is 1. The molecule has 20 heavy (non-hydrogen) atoms. The maximum atomic E-state index is 6.00. The summed E-state index contributed by atoms with van der Waals surface area (Å²) < 4.78 is 2.21. The number of nitrogens with zero attached hydrogens (tertiary/aromatic N) is 2. The first-order valence-corrected chi connectivity index (χ1v) is 7.61. The van der Waals surface area contributed by atoms with Crippen molar-refractivity contribution in [3.05, 3.63) is 46.5 Å². The van der Waals surface area contributed by atoms with Gasteiger partial charge in [-0.2, -0.15) is 0 Å². The summed E-state index contributed by atoms with van der Waals surface area (Å²) in [4.78, 5) is 4.75. The SMILES string of the molecule is CC(C)(C)c1csc(Cn2ccc3c(N)cccc32)n1. The average Bonchev–Trinajstić information content (AvgIpc) is 2.98. The summed E-state index contributed by atoms with van der Waals surface area (Å²) in [7, 11) is 0. The third-order valence-corrected chi connectivity index (χ3v) is 4.31. The van der Waals surface area contributed by atoms with Crippen molar-refractivity contribution in [2.75, 3.05) is 5.73 Å². The van der Waals surface area contributed by atoms with E-state index in [0.29, 0.717) is 0 Å². The Morgan fingerprint density at radius 3 is 2.75 bits per heavy atom.